The van der Waals surface area contributed by atoms with E-state index in [9.17, 15) is 9.90 Å². The van der Waals surface area contributed by atoms with Crippen molar-refractivity contribution in [2.24, 2.45) is 11.8 Å². The third-order valence-corrected chi connectivity index (χ3v) is 4.56. The predicted octanol–water partition coefficient (Wildman–Crippen LogP) is 4.42. The first-order chi connectivity index (χ1) is 9.38. The number of carbonyl (C=O) groups is 1. The van der Waals surface area contributed by atoms with Crippen LogP contribution in [0.4, 0.5) is 0 Å². The van der Waals surface area contributed by atoms with Crippen molar-refractivity contribution in [3.05, 3.63) is 35.4 Å². The van der Waals surface area contributed by atoms with Crippen LogP contribution in [0.2, 0.25) is 0 Å². The first kappa shape index (κ1) is 15.1. The second kappa shape index (κ2) is 5.99. The van der Waals surface area contributed by atoms with E-state index in [0.717, 1.165) is 18.4 Å². The Labute approximate surface area is 122 Å². The van der Waals surface area contributed by atoms with Gasteiger partial charge in [-0.15, -0.1) is 0 Å². The number of carboxylic acids is 1. The summed E-state index contributed by atoms with van der Waals surface area (Å²) in [6.45, 7) is 6.59. The van der Waals surface area contributed by atoms with Crippen LogP contribution in [0, 0.1) is 11.8 Å². The first-order valence-electron chi connectivity index (χ1n) is 7.70. The van der Waals surface area contributed by atoms with Gasteiger partial charge in [0.15, 0.2) is 0 Å². The molecule has 0 bridgehead atoms. The van der Waals surface area contributed by atoms with Crippen LogP contribution in [0.15, 0.2) is 24.3 Å². The minimum Gasteiger partial charge on any atom is -0.481 e. The summed E-state index contributed by atoms with van der Waals surface area (Å²) in [5, 5.41) is 9.48. The molecule has 2 nitrogen and oxygen atoms in total. The Kier molecular flexibility index (Phi) is 4.52. The fraction of sp³-hybridized carbons (Fsp3) is 0.611. The average molecular weight is 274 g/mol. The summed E-state index contributed by atoms with van der Waals surface area (Å²) in [7, 11) is 0. The van der Waals surface area contributed by atoms with Crippen molar-refractivity contribution >= 4 is 5.97 Å². The molecule has 1 N–H and O–H groups in total. The maximum atomic E-state index is 11.5. The third kappa shape index (κ3) is 3.62. The zero-order valence-corrected chi connectivity index (χ0v) is 12.9. The van der Waals surface area contributed by atoms with E-state index in [-0.39, 0.29) is 11.3 Å². The molecular formula is C18H26O2. The number of rotatable bonds is 4. The predicted molar refractivity (Wildman–Crippen MR) is 81.9 cm³/mol. The summed E-state index contributed by atoms with van der Waals surface area (Å²) in [4.78, 5) is 11.5. The van der Waals surface area contributed by atoms with Crippen LogP contribution in [0.5, 0.6) is 0 Å². The Morgan fingerprint density at radius 1 is 1.20 bits per heavy atom. The van der Waals surface area contributed by atoms with E-state index in [0.29, 0.717) is 12.3 Å². The number of aliphatic carboxylic acids is 1. The largest absolute Gasteiger partial charge is 0.481 e. The molecule has 1 aliphatic carbocycles. The van der Waals surface area contributed by atoms with E-state index in [4.69, 9.17) is 0 Å². The number of carboxylic acid groups (broad SMARTS) is 1. The van der Waals surface area contributed by atoms with E-state index < -0.39 is 5.97 Å². The van der Waals surface area contributed by atoms with Crippen LogP contribution in [0.3, 0.4) is 0 Å². The number of benzene rings is 1. The van der Waals surface area contributed by atoms with Gasteiger partial charge in [-0.2, -0.15) is 0 Å². The van der Waals surface area contributed by atoms with Crippen molar-refractivity contribution in [2.45, 2.75) is 58.3 Å². The fourth-order valence-electron chi connectivity index (χ4n) is 3.21. The number of hydrogen-bond acceptors (Lipinski definition) is 1. The van der Waals surface area contributed by atoms with Crippen LogP contribution >= 0.6 is 0 Å². The minimum absolute atomic E-state index is 0.149. The van der Waals surface area contributed by atoms with Crippen molar-refractivity contribution < 1.29 is 9.90 Å². The maximum Gasteiger partial charge on any atom is 0.307 e. The van der Waals surface area contributed by atoms with Crippen molar-refractivity contribution in [3.63, 3.8) is 0 Å². The topological polar surface area (TPSA) is 37.3 Å². The minimum atomic E-state index is -0.628. The van der Waals surface area contributed by atoms with Gasteiger partial charge in [-0.05, 0) is 41.7 Å². The van der Waals surface area contributed by atoms with Gasteiger partial charge < -0.3 is 5.11 Å². The molecule has 1 aliphatic rings. The summed E-state index contributed by atoms with van der Waals surface area (Å²) in [5.41, 5.74) is 2.60. The van der Waals surface area contributed by atoms with Crippen molar-refractivity contribution in [1.82, 2.24) is 0 Å². The SMILES string of the molecule is CC(C)(C)c1ccc(CC(C(=O)O)C2CCCC2)cc1. The van der Waals surface area contributed by atoms with Gasteiger partial charge in [0.05, 0.1) is 5.92 Å². The van der Waals surface area contributed by atoms with Crippen molar-refractivity contribution in [1.29, 1.82) is 0 Å². The molecule has 0 spiro atoms. The molecule has 110 valence electrons. The smallest absolute Gasteiger partial charge is 0.307 e. The Bertz CT molecular complexity index is 447. The number of hydrogen-bond donors (Lipinski definition) is 1. The van der Waals surface area contributed by atoms with E-state index in [1.54, 1.807) is 0 Å². The molecule has 0 amide bonds. The van der Waals surface area contributed by atoms with Gasteiger partial charge in [0.2, 0.25) is 0 Å². The molecule has 0 saturated heterocycles. The maximum absolute atomic E-state index is 11.5. The van der Waals surface area contributed by atoms with Gasteiger partial charge >= 0.3 is 5.97 Å². The highest BCUT2D eigenvalue weighted by Gasteiger charge is 2.30. The monoisotopic (exact) mass is 274 g/mol. The van der Waals surface area contributed by atoms with Crippen LogP contribution in [0.25, 0.3) is 0 Å². The molecule has 2 heteroatoms. The molecule has 1 unspecified atom stereocenters. The van der Waals surface area contributed by atoms with Gasteiger partial charge in [0.1, 0.15) is 0 Å². The summed E-state index contributed by atoms with van der Waals surface area (Å²) < 4.78 is 0. The molecule has 0 radical (unpaired) electrons. The summed E-state index contributed by atoms with van der Waals surface area (Å²) in [6.07, 6.45) is 5.22. The van der Waals surface area contributed by atoms with Gasteiger partial charge in [0, 0.05) is 0 Å². The molecule has 20 heavy (non-hydrogen) atoms. The molecule has 1 atom stereocenters. The zero-order chi connectivity index (χ0) is 14.8. The molecule has 0 aromatic heterocycles. The quantitative estimate of drug-likeness (QED) is 0.882. The van der Waals surface area contributed by atoms with Gasteiger partial charge in [-0.1, -0.05) is 57.9 Å². The molecule has 2 rings (SSSR count). The molecule has 1 fully saturated rings. The zero-order valence-electron chi connectivity index (χ0n) is 12.9. The summed E-state index contributed by atoms with van der Waals surface area (Å²) in [5.74, 6) is -0.468. The molecule has 1 aromatic rings. The van der Waals surface area contributed by atoms with E-state index in [2.05, 4.69) is 45.0 Å². The normalized spacial score (nSPS) is 18.1. The lowest BCUT2D eigenvalue weighted by atomic mass is 9.83. The molecule has 0 aliphatic heterocycles. The van der Waals surface area contributed by atoms with E-state index in [1.807, 2.05) is 0 Å². The van der Waals surface area contributed by atoms with E-state index in [1.165, 1.54) is 18.4 Å². The standard InChI is InChI=1S/C18H26O2/c1-18(2,3)15-10-8-13(9-11-15)12-16(17(19)20)14-6-4-5-7-14/h8-11,14,16H,4-7,12H2,1-3H3,(H,19,20). The highest BCUT2D eigenvalue weighted by atomic mass is 16.4. The third-order valence-electron chi connectivity index (χ3n) is 4.56. The highest BCUT2D eigenvalue weighted by molar-refractivity contribution is 5.70. The van der Waals surface area contributed by atoms with Crippen LogP contribution in [-0.4, -0.2) is 11.1 Å². The molecule has 1 saturated carbocycles. The second-order valence-corrected chi connectivity index (χ2v) is 7.14. The Morgan fingerprint density at radius 2 is 1.75 bits per heavy atom. The van der Waals surface area contributed by atoms with Gasteiger partial charge in [-0.3, -0.25) is 4.79 Å². The molecular weight excluding hydrogens is 248 g/mol. The summed E-state index contributed by atoms with van der Waals surface area (Å²) >= 11 is 0. The van der Waals surface area contributed by atoms with Crippen LogP contribution in [-0.2, 0) is 16.6 Å². The highest BCUT2D eigenvalue weighted by Crippen LogP contribution is 2.33. The average Bonchev–Trinajstić information content (AvgIpc) is 2.88. The Hall–Kier alpha value is -1.31. The van der Waals surface area contributed by atoms with Crippen LogP contribution in [0.1, 0.15) is 57.6 Å². The molecule has 1 aromatic carbocycles. The lowest BCUT2D eigenvalue weighted by molar-refractivity contribution is -0.143. The second-order valence-electron chi connectivity index (χ2n) is 7.14. The van der Waals surface area contributed by atoms with Crippen molar-refractivity contribution in [3.8, 4) is 0 Å². The summed E-state index contributed by atoms with van der Waals surface area (Å²) in [6, 6.07) is 8.49. The van der Waals surface area contributed by atoms with E-state index >= 15 is 0 Å². The lowest BCUT2D eigenvalue weighted by Crippen LogP contribution is -2.24. The fourth-order valence-corrected chi connectivity index (χ4v) is 3.21. The first-order valence-corrected chi connectivity index (χ1v) is 7.70. The molecule has 0 heterocycles. The Morgan fingerprint density at radius 3 is 2.20 bits per heavy atom. The van der Waals surface area contributed by atoms with Gasteiger partial charge in [0.25, 0.3) is 0 Å². The van der Waals surface area contributed by atoms with Gasteiger partial charge in [-0.25, -0.2) is 0 Å². The lowest BCUT2D eigenvalue weighted by Gasteiger charge is -2.21. The van der Waals surface area contributed by atoms with Crippen molar-refractivity contribution in [2.75, 3.05) is 0 Å². The Balaban J connectivity index is 2.09. The van der Waals surface area contributed by atoms with Crippen LogP contribution < -0.4 is 0 Å².